The highest BCUT2D eigenvalue weighted by atomic mass is 16.4. The average molecular weight is 210 g/mol. The number of carboxylic acid groups (broad SMARTS) is 1. The fourth-order valence-corrected chi connectivity index (χ4v) is 1.30. The molecule has 82 valence electrons. The molecular weight excluding hydrogens is 196 g/mol. The van der Waals surface area contributed by atoms with Gasteiger partial charge in [-0.15, -0.1) is 0 Å². The van der Waals surface area contributed by atoms with Crippen molar-refractivity contribution in [2.45, 2.75) is 6.54 Å². The summed E-state index contributed by atoms with van der Waals surface area (Å²) in [4.78, 5) is 12.6. The van der Waals surface area contributed by atoms with Crippen LogP contribution in [0.2, 0.25) is 0 Å². The van der Waals surface area contributed by atoms with Crippen LogP contribution in [0.1, 0.15) is 15.9 Å². The third-order valence-electron chi connectivity index (χ3n) is 1.95. The number of phenols is 1. The monoisotopic (exact) mass is 210 g/mol. The topological polar surface area (TPSA) is 86.8 Å². The molecule has 0 heterocycles. The van der Waals surface area contributed by atoms with E-state index in [-0.39, 0.29) is 17.0 Å². The molecule has 0 amide bonds. The van der Waals surface area contributed by atoms with Gasteiger partial charge in [0.2, 0.25) is 0 Å². The Morgan fingerprint density at radius 1 is 1.47 bits per heavy atom. The highest BCUT2D eigenvalue weighted by molar-refractivity contribution is 5.89. The molecule has 0 aromatic heterocycles. The lowest BCUT2D eigenvalue weighted by Crippen LogP contribution is -2.12. The number of hydrogen-bond acceptors (Lipinski definition) is 4. The summed E-state index contributed by atoms with van der Waals surface area (Å²) in [5.41, 5.74) is 6.19. The van der Waals surface area contributed by atoms with Crippen LogP contribution in [0.15, 0.2) is 12.1 Å². The first-order chi connectivity index (χ1) is 6.91. The molecule has 0 fully saturated rings. The van der Waals surface area contributed by atoms with Crippen LogP contribution in [-0.4, -0.2) is 35.2 Å². The Hall–Kier alpha value is -1.75. The summed E-state index contributed by atoms with van der Waals surface area (Å²) in [7, 11) is 3.64. The fourth-order valence-electron chi connectivity index (χ4n) is 1.30. The highest BCUT2D eigenvalue weighted by Crippen LogP contribution is 2.27. The van der Waals surface area contributed by atoms with Crippen molar-refractivity contribution in [2.75, 3.05) is 19.8 Å². The molecule has 1 aromatic carbocycles. The number of anilines is 1. The summed E-state index contributed by atoms with van der Waals surface area (Å²) in [6.07, 6.45) is 0. The molecule has 0 aliphatic rings. The van der Waals surface area contributed by atoms with Gasteiger partial charge in [0.15, 0.2) is 0 Å². The SMILES string of the molecule is CN(C)Cc1cc(C(=O)O)cc(N)c1O. The Bertz CT molecular complexity index is 388. The Balaban J connectivity index is 3.19. The first kappa shape index (κ1) is 11.3. The predicted octanol–water partition coefficient (Wildman–Crippen LogP) is 0.734. The van der Waals surface area contributed by atoms with Crippen molar-refractivity contribution in [3.63, 3.8) is 0 Å². The molecule has 0 saturated carbocycles. The summed E-state index contributed by atoms with van der Waals surface area (Å²) >= 11 is 0. The van der Waals surface area contributed by atoms with Crippen LogP contribution in [0.3, 0.4) is 0 Å². The molecule has 0 unspecified atom stereocenters. The minimum atomic E-state index is -1.05. The number of carbonyl (C=O) groups is 1. The average Bonchev–Trinajstić information content (AvgIpc) is 2.11. The lowest BCUT2D eigenvalue weighted by Gasteiger charge is -2.13. The quantitative estimate of drug-likeness (QED) is 0.506. The van der Waals surface area contributed by atoms with Gasteiger partial charge in [-0.3, -0.25) is 0 Å². The molecule has 0 spiro atoms. The van der Waals surface area contributed by atoms with E-state index in [0.29, 0.717) is 12.1 Å². The lowest BCUT2D eigenvalue weighted by atomic mass is 10.1. The number of benzene rings is 1. The molecule has 0 saturated heterocycles. The van der Waals surface area contributed by atoms with E-state index in [1.807, 2.05) is 19.0 Å². The molecule has 5 nitrogen and oxygen atoms in total. The smallest absolute Gasteiger partial charge is 0.335 e. The zero-order chi connectivity index (χ0) is 11.6. The van der Waals surface area contributed by atoms with E-state index in [0.717, 1.165) is 0 Å². The van der Waals surface area contributed by atoms with Gasteiger partial charge in [0.1, 0.15) is 5.75 Å². The van der Waals surface area contributed by atoms with Crippen molar-refractivity contribution in [3.05, 3.63) is 23.3 Å². The summed E-state index contributed by atoms with van der Waals surface area (Å²) in [5.74, 6) is -1.10. The largest absolute Gasteiger partial charge is 0.505 e. The minimum Gasteiger partial charge on any atom is -0.505 e. The van der Waals surface area contributed by atoms with Gasteiger partial charge in [-0.25, -0.2) is 4.79 Å². The summed E-state index contributed by atoms with van der Waals surface area (Å²) in [5, 5.41) is 18.4. The van der Waals surface area contributed by atoms with Gasteiger partial charge in [-0.1, -0.05) is 0 Å². The van der Waals surface area contributed by atoms with Crippen LogP contribution in [0.5, 0.6) is 5.75 Å². The van der Waals surface area contributed by atoms with Crippen LogP contribution >= 0.6 is 0 Å². The predicted molar refractivity (Wildman–Crippen MR) is 56.9 cm³/mol. The van der Waals surface area contributed by atoms with Crippen LogP contribution in [-0.2, 0) is 6.54 Å². The highest BCUT2D eigenvalue weighted by Gasteiger charge is 2.12. The van der Waals surface area contributed by atoms with Crippen molar-refractivity contribution in [1.29, 1.82) is 0 Å². The van der Waals surface area contributed by atoms with Gasteiger partial charge in [-0.2, -0.15) is 0 Å². The van der Waals surface area contributed by atoms with E-state index < -0.39 is 5.97 Å². The van der Waals surface area contributed by atoms with E-state index >= 15 is 0 Å². The molecule has 0 aliphatic carbocycles. The minimum absolute atomic E-state index is 0.0475. The third kappa shape index (κ3) is 2.60. The molecule has 5 heteroatoms. The number of nitrogens with two attached hydrogens (primary N) is 1. The van der Waals surface area contributed by atoms with Crippen molar-refractivity contribution in [1.82, 2.24) is 4.90 Å². The van der Waals surface area contributed by atoms with Crippen molar-refractivity contribution in [2.24, 2.45) is 0 Å². The fraction of sp³-hybridized carbons (Fsp3) is 0.300. The number of rotatable bonds is 3. The second-order valence-corrected chi connectivity index (χ2v) is 3.62. The summed E-state index contributed by atoms with van der Waals surface area (Å²) in [6, 6.07) is 2.67. The molecule has 0 atom stereocenters. The molecule has 1 rings (SSSR count). The second-order valence-electron chi connectivity index (χ2n) is 3.62. The van der Waals surface area contributed by atoms with Crippen molar-refractivity contribution in [3.8, 4) is 5.75 Å². The Morgan fingerprint density at radius 2 is 2.07 bits per heavy atom. The molecule has 1 aromatic rings. The normalized spacial score (nSPS) is 10.6. The van der Waals surface area contributed by atoms with Gasteiger partial charge < -0.3 is 20.8 Å². The number of nitrogen functional groups attached to an aromatic ring is 1. The van der Waals surface area contributed by atoms with Crippen LogP contribution in [0.4, 0.5) is 5.69 Å². The first-order valence-corrected chi connectivity index (χ1v) is 4.41. The molecular formula is C10H14N2O3. The maximum absolute atomic E-state index is 10.8. The van der Waals surface area contributed by atoms with Gasteiger partial charge in [0, 0.05) is 12.1 Å². The molecule has 0 radical (unpaired) electrons. The number of phenolic OH excluding ortho intramolecular Hbond substituents is 1. The van der Waals surface area contributed by atoms with E-state index in [1.54, 1.807) is 0 Å². The standard InChI is InChI=1S/C10H14N2O3/c1-12(2)5-7-3-6(10(14)15)4-8(11)9(7)13/h3-4,13H,5,11H2,1-2H3,(H,14,15). The Morgan fingerprint density at radius 3 is 2.53 bits per heavy atom. The number of nitrogens with zero attached hydrogens (tertiary/aromatic N) is 1. The molecule has 0 bridgehead atoms. The first-order valence-electron chi connectivity index (χ1n) is 4.41. The zero-order valence-electron chi connectivity index (χ0n) is 8.69. The maximum Gasteiger partial charge on any atom is 0.335 e. The van der Waals surface area contributed by atoms with E-state index in [2.05, 4.69) is 0 Å². The van der Waals surface area contributed by atoms with E-state index in [4.69, 9.17) is 10.8 Å². The Labute approximate surface area is 87.7 Å². The van der Waals surface area contributed by atoms with Crippen LogP contribution in [0, 0.1) is 0 Å². The third-order valence-corrected chi connectivity index (χ3v) is 1.95. The molecule has 4 N–H and O–H groups in total. The Kier molecular flexibility index (Phi) is 3.16. The number of aromatic hydroxyl groups is 1. The maximum atomic E-state index is 10.8. The van der Waals surface area contributed by atoms with Crippen molar-refractivity contribution < 1.29 is 15.0 Å². The second kappa shape index (κ2) is 4.18. The van der Waals surface area contributed by atoms with Crippen molar-refractivity contribution >= 4 is 11.7 Å². The number of hydrogen-bond donors (Lipinski definition) is 3. The molecule has 15 heavy (non-hydrogen) atoms. The van der Waals surface area contributed by atoms with Gasteiger partial charge in [0.25, 0.3) is 0 Å². The van der Waals surface area contributed by atoms with E-state index in [1.165, 1.54) is 12.1 Å². The lowest BCUT2D eigenvalue weighted by molar-refractivity contribution is 0.0696. The molecule has 0 aliphatic heterocycles. The van der Waals surface area contributed by atoms with E-state index in [9.17, 15) is 9.90 Å². The zero-order valence-corrected chi connectivity index (χ0v) is 8.69. The van der Waals surface area contributed by atoms with Crippen LogP contribution in [0.25, 0.3) is 0 Å². The number of carboxylic acids is 1. The van der Waals surface area contributed by atoms with Gasteiger partial charge in [0.05, 0.1) is 11.3 Å². The summed E-state index contributed by atoms with van der Waals surface area (Å²) in [6.45, 7) is 0.442. The summed E-state index contributed by atoms with van der Waals surface area (Å²) < 4.78 is 0. The van der Waals surface area contributed by atoms with Crippen LogP contribution < -0.4 is 5.73 Å². The van der Waals surface area contributed by atoms with Gasteiger partial charge >= 0.3 is 5.97 Å². The van der Waals surface area contributed by atoms with Gasteiger partial charge in [-0.05, 0) is 26.2 Å². The number of aromatic carboxylic acids is 1.